The van der Waals surface area contributed by atoms with Gasteiger partial charge in [-0.25, -0.2) is 0 Å². The predicted octanol–water partition coefficient (Wildman–Crippen LogP) is 5.84. The molecule has 4 nitrogen and oxygen atoms in total. The summed E-state index contributed by atoms with van der Waals surface area (Å²) in [6.07, 6.45) is -0.955. The van der Waals surface area contributed by atoms with Crippen LogP contribution in [-0.2, 0) is 28.1 Å². The summed E-state index contributed by atoms with van der Waals surface area (Å²) in [6.45, 7) is 5.03. The molecule has 0 bridgehead atoms. The van der Waals surface area contributed by atoms with Crippen molar-refractivity contribution in [3.63, 3.8) is 0 Å². The normalized spacial score (nSPS) is 15.1. The number of aliphatic hydroxyl groups is 2. The molecule has 0 amide bonds. The smallest absolute Gasteiger partial charge is 0.0745 e. The lowest BCUT2D eigenvalue weighted by atomic mass is 9.67. The average Bonchev–Trinajstić information content (AvgIpc) is 3.20. The van der Waals surface area contributed by atoms with Crippen molar-refractivity contribution in [2.24, 2.45) is 0 Å². The summed E-state index contributed by atoms with van der Waals surface area (Å²) in [5.74, 6) is 0. The highest BCUT2D eigenvalue weighted by atomic mass is 16.5. The standard InChI is InChI=1S/C33H34O4/c1-23(34)19-36-21-25-11-15-27(16-12-25)33(28-17-13-26(14-18-28)22-37-20-24(2)35)31-9-5-3-7-29(31)30-8-4-6-10-32(30)33/h3-18,23-24,34-35H,19-22H2,1-2H3. The van der Waals surface area contributed by atoms with E-state index in [9.17, 15) is 10.2 Å². The largest absolute Gasteiger partial charge is 0.391 e. The Morgan fingerprint density at radius 1 is 0.568 bits per heavy atom. The summed E-state index contributed by atoms with van der Waals surface area (Å²) >= 11 is 0. The number of benzene rings is 4. The summed E-state index contributed by atoms with van der Waals surface area (Å²) in [7, 11) is 0. The summed E-state index contributed by atoms with van der Waals surface area (Å²) < 4.78 is 11.3. The molecule has 0 saturated heterocycles. The van der Waals surface area contributed by atoms with Gasteiger partial charge in [0.15, 0.2) is 0 Å². The van der Waals surface area contributed by atoms with E-state index in [4.69, 9.17) is 9.47 Å². The topological polar surface area (TPSA) is 58.9 Å². The van der Waals surface area contributed by atoms with Crippen molar-refractivity contribution in [2.75, 3.05) is 13.2 Å². The fourth-order valence-corrected chi connectivity index (χ4v) is 5.42. The molecular weight excluding hydrogens is 460 g/mol. The van der Waals surface area contributed by atoms with E-state index in [0.717, 1.165) is 11.1 Å². The maximum Gasteiger partial charge on any atom is 0.0745 e. The van der Waals surface area contributed by atoms with Crippen LogP contribution in [0.25, 0.3) is 11.1 Å². The first-order valence-corrected chi connectivity index (χ1v) is 12.9. The van der Waals surface area contributed by atoms with Crippen molar-refractivity contribution in [3.8, 4) is 11.1 Å². The Morgan fingerprint density at radius 2 is 0.946 bits per heavy atom. The van der Waals surface area contributed by atoms with Crippen LogP contribution in [0.15, 0.2) is 97.1 Å². The second kappa shape index (κ2) is 11.0. The van der Waals surface area contributed by atoms with Gasteiger partial charge in [0.1, 0.15) is 0 Å². The van der Waals surface area contributed by atoms with Gasteiger partial charge in [0, 0.05) is 0 Å². The van der Waals surface area contributed by atoms with E-state index in [1.165, 1.54) is 33.4 Å². The second-order valence-electron chi connectivity index (χ2n) is 9.96. The van der Waals surface area contributed by atoms with Crippen molar-refractivity contribution >= 4 is 0 Å². The van der Waals surface area contributed by atoms with E-state index in [0.29, 0.717) is 26.4 Å². The van der Waals surface area contributed by atoms with Crippen LogP contribution < -0.4 is 0 Å². The number of ether oxygens (including phenoxy) is 2. The third-order valence-electron chi connectivity index (χ3n) is 6.98. The van der Waals surface area contributed by atoms with Gasteiger partial charge in [-0.1, -0.05) is 97.1 Å². The molecule has 5 rings (SSSR count). The van der Waals surface area contributed by atoms with Gasteiger partial charge in [0.2, 0.25) is 0 Å². The van der Waals surface area contributed by atoms with Crippen LogP contribution in [0.4, 0.5) is 0 Å². The Balaban J connectivity index is 1.59. The molecule has 0 radical (unpaired) electrons. The summed E-state index contributed by atoms with van der Waals surface area (Å²) in [6, 6.07) is 34.7. The molecule has 0 saturated carbocycles. The van der Waals surface area contributed by atoms with Crippen molar-refractivity contribution in [3.05, 3.63) is 130 Å². The Kier molecular flexibility index (Phi) is 7.54. The van der Waals surface area contributed by atoms with Gasteiger partial charge in [-0.2, -0.15) is 0 Å². The maximum atomic E-state index is 9.51. The minimum atomic E-state index is -0.477. The van der Waals surface area contributed by atoms with Crippen molar-refractivity contribution in [1.29, 1.82) is 0 Å². The molecule has 190 valence electrons. The van der Waals surface area contributed by atoms with E-state index >= 15 is 0 Å². The van der Waals surface area contributed by atoms with Gasteiger partial charge in [0.25, 0.3) is 0 Å². The quantitative estimate of drug-likeness (QED) is 0.256. The SMILES string of the molecule is CC(O)COCc1ccc(C2(c3ccc(COCC(C)O)cc3)c3ccccc3-c3ccccc32)cc1. The number of aliphatic hydroxyl groups excluding tert-OH is 2. The van der Waals surface area contributed by atoms with Crippen LogP contribution in [0.1, 0.15) is 47.2 Å². The van der Waals surface area contributed by atoms with Crippen LogP contribution in [0.5, 0.6) is 0 Å². The Morgan fingerprint density at radius 3 is 1.32 bits per heavy atom. The first kappa shape index (κ1) is 25.4. The maximum absolute atomic E-state index is 9.51. The Hall–Kier alpha value is -3.28. The molecule has 1 aliphatic carbocycles. The van der Waals surface area contributed by atoms with Gasteiger partial charge in [-0.3, -0.25) is 0 Å². The zero-order valence-electron chi connectivity index (χ0n) is 21.4. The van der Waals surface area contributed by atoms with Crippen molar-refractivity contribution in [1.82, 2.24) is 0 Å². The molecule has 0 fully saturated rings. The van der Waals surface area contributed by atoms with E-state index in [1.807, 2.05) is 0 Å². The van der Waals surface area contributed by atoms with Crippen LogP contribution in [0.3, 0.4) is 0 Å². The third kappa shape index (κ3) is 4.98. The van der Waals surface area contributed by atoms with Crippen molar-refractivity contribution < 1.29 is 19.7 Å². The van der Waals surface area contributed by atoms with Gasteiger partial charge in [-0.15, -0.1) is 0 Å². The number of rotatable bonds is 10. The number of fused-ring (bicyclic) bond motifs is 3. The first-order valence-electron chi connectivity index (χ1n) is 12.9. The van der Waals surface area contributed by atoms with Gasteiger partial charge in [0.05, 0.1) is 44.1 Å². The summed E-state index contributed by atoms with van der Waals surface area (Å²) in [5, 5.41) is 19.0. The minimum Gasteiger partial charge on any atom is -0.391 e. The van der Waals surface area contributed by atoms with Crippen molar-refractivity contribution in [2.45, 2.75) is 44.7 Å². The summed E-state index contributed by atoms with van der Waals surface area (Å²) in [5.41, 5.74) is 9.14. The monoisotopic (exact) mass is 494 g/mol. The molecule has 2 atom stereocenters. The second-order valence-corrected chi connectivity index (χ2v) is 9.96. The Bertz CT molecular complexity index is 1220. The molecule has 4 aromatic carbocycles. The third-order valence-corrected chi connectivity index (χ3v) is 6.98. The molecule has 1 aliphatic rings. The van der Waals surface area contributed by atoms with Crippen LogP contribution in [0.2, 0.25) is 0 Å². The highest BCUT2D eigenvalue weighted by molar-refractivity contribution is 5.86. The lowest BCUT2D eigenvalue weighted by Crippen LogP contribution is -2.28. The van der Waals surface area contributed by atoms with E-state index in [-0.39, 0.29) is 0 Å². The fourth-order valence-electron chi connectivity index (χ4n) is 5.42. The van der Waals surface area contributed by atoms with E-state index < -0.39 is 17.6 Å². The predicted molar refractivity (Wildman–Crippen MR) is 146 cm³/mol. The highest BCUT2D eigenvalue weighted by Gasteiger charge is 2.45. The highest BCUT2D eigenvalue weighted by Crippen LogP contribution is 2.55. The lowest BCUT2D eigenvalue weighted by Gasteiger charge is -2.34. The molecule has 4 aromatic rings. The molecular formula is C33H34O4. The Labute approximate surface area is 219 Å². The zero-order chi connectivity index (χ0) is 25.8. The average molecular weight is 495 g/mol. The van der Waals surface area contributed by atoms with Gasteiger partial charge < -0.3 is 19.7 Å². The van der Waals surface area contributed by atoms with Crippen LogP contribution >= 0.6 is 0 Å². The molecule has 0 aromatic heterocycles. The van der Waals surface area contributed by atoms with E-state index in [2.05, 4.69) is 97.1 Å². The van der Waals surface area contributed by atoms with Gasteiger partial charge in [-0.05, 0) is 58.4 Å². The molecule has 2 unspecified atom stereocenters. The van der Waals surface area contributed by atoms with Gasteiger partial charge >= 0.3 is 0 Å². The number of hydrogen-bond donors (Lipinski definition) is 2. The minimum absolute atomic E-state index is 0.319. The number of hydrogen-bond acceptors (Lipinski definition) is 4. The van der Waals surface area contributed by atoms with E-state index in [1.54, 1.807) is 13.8 Å². The molecule has 0 heterocycles. The lowest BCUT2D eigenvalue weighted by molar-refractivity contribution is 0.0375. The zero-order valence-corrected chi connectivity index (χ0v) is 21.4. The molecule has 0 spiro atoms. The fraction of sp³-hybridized carbons (Fsp3) is 0.273. The summed E-state index contributed by atoms with van der Waals surface area (Å²) in [4.78, 5) is 0. The van der Waals surface area contributed by atoms with Crippen LogP contribution in [0, 0.1) is 0 Å². The van der Waals surface area contributed by atoms with Crippen LogP contribution in [-0.4, -0.2) is 35.6 Å². The molecule has 37 heavy (non-hydrogen) atoms. The molecule has 2 N–H and O–H groups in total. The first-order chi connectivity index (χ1) is 18.0. The molecule has 0 aliphatic heterocycles. The molecule has 4 heteroatoms.